The number of nitrogens with zero attached hydrogens (tertiary/aromatic N) is 4. The molecule has 0 atom stereocenters. The zero-order valence-corrected chi connectivity index (χ0v) is 21.1. The van der Waals surface area contributed by atoms with Crippen LogP contribution >= 0.6 is 23.5 Å². The van der Waals surface area contributed by atoms with E-state index in [-0.39, 0.29) is 5.75 Å². The number of thioether (sulfide) groups is 2. The zero-order chi connectivity index (χ0) is 24.4. The molecule has 10 nitrogen and oxygen atoms in total. The molecule has 7 N–H and O–H groups in total. The Morgan fingerprint density at radius 2 is 1.50 bits per heavy atom. The first-order chi connectivity index (χ1) is 16.6. The smallest absolute Gasteiger partial charge is 0.188 e. The summed E-state index contributed by atoms with van der Waals surface area (Å²) in [6.45, 7) is 2.57. The molecular formula is C22H34N8O2S2. The van der Waals surface area contributed by atoms with Crippen molar-refractivity contribution < 1.29 is 9.84 Å². The van der Waals surface area contributed by atoms with Gasteiger partial charge in [-0.25, -0.2) is 0 Å². The van der Waals surface area contributed by atoms with Gasteiger partial charge in [-0.3, -0.25) is 20.0 Å². The van der Waals surface area contributed by atoms with E-state index in [9.17, 15) is 5.11 Å². The molecule has 34 heavy (non-hydrogen) atoms. The van der Waals surface area contributed by atoms with Gasteiger partial charge in [0.15, 0.2) is 11.9 Å². The minimum absolute atomic E-state index is 0.225. The predicted octanol–water partition coefficient (Wildman–Crippen LogP) is 1.56. The van der Waals surface area contributed by atoms with Gasteiger partial charge in [0.25, 0.3) is 0 Å². The van der Waals surface area contributed by atoms with Crippen molar-refractivity contribution in [3.63, 3.8) is 0 Å². The molecule has 0 spiro atoms. The Labute approximate surface area is 209 Å². The maximum Gasteiger partial charge on any atom is 0.188 e. The normalized spacial score (nSPS) is 11.9. The summed E-state index contributed by atoms with van der Waals surface area (Å²) in [7, 11) is 1.65. The maximum atomic E-state index is 9.69. The molecule has 0 unspecified atom stereocenters. The van der Waals surface area contributed by atoms with E-state index in [4.69, 9.17) is 16.2 Å². The van der Waals surface area contributed by atoms with Gasteiger partial charge in [-0.15, -0.1) is 0 Å². The van der Waals surface area contributed by atoms with E-state index in [0.29, 0.717) is 43.0 Å². The van der Waals surface area contributed by atoms with Gasteiger partial charge >= 0.3 is 0 Å². The number of rotatable bonds is 15. The molecule has 0 fully saturated rings. The van der Waals surface area contributed by atoms with Crippen molar-refractivity contribution in [3.05, 3.63) is 48.0 Å². The molecule has 0 amide bonds. The van der Waals surface area contributed by atoms with Crippen LogP contribution in [0.25, 0.3) is 0 Å². The number of methoxy groups -OCH3 is 1. The molecule has 2 aromatic rings. The van der Waals surface area contributed by atoms with Crippen LogP contribution in [0.15, 0.2) is 46.6 Å². The van der Waals surface area contributed by atoms with Gasteiger partial charge in [0.1, 0.15) is 11.5 Å². The number of guanidine groups is 2. The first-order valence-electron chi connectivity index (χ1n) is 10.9. The minimum atomic E-state index is 0.225. The average Bonchev–Trinajstić information content (AvgIpc) is 2.84. The van der Waals surface area contributed by atoms with Gasteiger partial charge in [0.2, 0.25) is 0 Å². The van der Waals surface area contributed by atoms with Crippen LogP contribution < -0.4 is 26.8 Å². The van der Waals surface area contributed by atoms with Crippen molar-refractivity contribution in [2.24, 2.45) is 21.5 Å². The van der Waals surface area contributed by atoms with E-state index in [2.05, 4.69) is 30.6 Å². The first kappa shape index (κ1) is 27.4. The number of hydrogen-bond acceptors (Lipinski definition) is 8. The van der Waals surface area contributed by atoms with Crippen LogP contribution in [-0.2, 0) is 11.5 Å². The van der Waals surface area contributed by atoms with Crippen molar-refractivity contribution >= 4 is 35.4 Å². The van der Waals surface area contributed by atoms with Crippen molar-refractivity contribution in [3.8, 4) is 11.5 Å². The third kappa shape index (κ3) is 11.3. The quantitative estimate of drug-likeness (QED) is 0.136. The van der Waals surface area contributed by atoms with Crippen molar-refractivity contribution in [2.75, 3.05) is 44.8 Å². The molecule has 186 valence electrons. The topological polar surface area (TPSA) is 156 Å². The Balaban J connectivity index is 1.47. The highest BCUT2D eigenvalue weighted by atomic mass is 32.2. The lowest BCUT2D eigenvalue weighted by atomic mass is 10.3. The fourth-order valence-electron chi connectivity index (χ4n) is 2.68. The van der Waals surface area contributed by atoms with Crippen molar-refractivity contribution in [1.29, 1.82) is 0 Å². The second-order valence-electron chi connectivity index (χ2n) is 6.97. The van der Waals surface area contributed by atoms with E-state index in [1.165, 1.54) is 0 Å². The molecular weight excluding hydrogens is 472 g/mol. The molecule has 2 heterocycles. The van der Waals surface area contributed by atoms with Crippen LogP contribution in [0.4, 0.5) is 0 Å². The Morgan fingerprint density at radius 1 is 0.941 bits per heavy atom. The van der Waals surface area contributed by atoms with Crippen LogP contribution in [0.2, 0.25) is 0 Å². The van der Waals surface area contributed by atoms with Gasteiger partial charge in [0.05, 0.1) is 18.5 Å². The number of aliphatic imine (C=N–C) groups is 2. The molecule has 0 radical (unpaired) electrons. The number of pyridine rings is 2. The Bertz CT molecular complexity index is 914. The van der Waals surface area contributed by atoms with Gasteiger partial charge in [-0.2, -0.15) is 23.5 Å². The summed E-state index contributed by atoms with van der Waals surface area (Å²) in [5.74, 6) is 5.02. The van der Waals surface area contributed by atoms with E-state index >= 15 is 0 Å². The van der Waals surface area contributed by atoms with Gasteiger partial charge in [0, 0.05) is 61.6 Å². The fraction of sp³-hybridized carbons (Fsp3) is 0.455. The molecule has 2 rings (SSSR count). The lowest BCUT2D eigenvalue weighted by Crippen LogP contribution is -2.34. The third-order valence-electron chi connectivity index (χ3n) is 4.40. The first-order valence-corrected chi connectivity index (χ1v) is 13.2. The summed E-state index contributed by atoms with van der Waals surface area (Å²) in [5, 5.41) is 15.9. The highest BCUT2D eigenvalue weighted by molar-refractivity contribution is 7.98. The Hall–Kier alpha value is -2.86. The zero-order valence-electron chi connectivity index (χ0n) is 19.4. The van der Waals surface area contributed by atoms with Gasteiger partial charge in [-0.1, -0.05) is 0 Å². The van der Waals surface area contributed by atoms with Crippen LogP contribution in [0, 0.1) is 0 Å². The van der Waals surface area contributed by atoms with Crippen molar-refractivity contribution in [2.45, 2.75) is 17.9 Å². The SMILES string of the molecule is COc1cccnc1CSCCNC(N)=NCCCN=C(N)NCCSCc1ncccc1O. The molecule has 2 aromatic heterocycles. The van der Waals surface area contributed by atoms with Crippen LogP contribution in [-0.4, -0.2) is 71.8 Å². The number of aromatic nitrogens is 2. The number of nitrogens with one attached hydrogen (secondary N) is 2. The number of nitrogens with two attached hydrogens (primary N) is 2. The standard InChI is InChI=1S/C22H34N8O2S2/c1-32-20-6-3-8-26-18(20)16-34-14-12-30-22(24)28-10-4-9-27-21(23)29-11-13-33-15-17-19(31)5-2-7-25-17/h2-3,5-8,31H,4,9-16H2,1H3,(H3,23,27,29)(H3,24,28,30). The van der Waals surface area contributed by atoms with Crippen molar-refractivity contribution in [1.82, 2.24) is 20.6 Å². The van der Waals surface area contributed by atoms with Crippen LogP contribution in [0.5, 0.6) is 11.5 Å². The van der Waals surface area contributed by atoms with E-state index in [0.717, 1.165) is 41.7 Å². The molecule has 0 aromatic carbocycles. The summed E-state index contributed by atoms with van der Waals surface area (Å²) in [4.78, 5) is 17.1. The summed E-state index contributed by atoms with van der Waals surface area (Å²) in [5.41, 5.74) is 13.4. The lowest BCUT2D eigenvalue weighted by molar-refractivity contribution is 0.409. The number of ether oxygens (including phenoxy) is 1. The average molecular weight is 507 g/mol. The fourth-order valence-corrected chi connectivity index (χ4v) is 4.29. The predicted molar refractivity (Wildman–Crippen MR) is 143 cm³/mol. The van der Waals surface area contributed by atoms with E-state index in [1.54, 1.807) is 55.2 Å². The third-order valence-corrected chi connectivity index (χ3v) is 6.34. The van der Waals surface area contributed by atoms with Crippen LogP contribution in [0.1, 0.15) is 17.8 Å². The number of hydrogen-bond donors (Lipinski definition) is 5. The lowest BCUT2D eigenvalue weighted by Gasteiger charge is -2.08. The molecule has 0 aliphatic carbocycles. The second kappa shape index (κ2) is 16.7. The Morgan fingerprint density at radius 3 is 2.09 bits per heavy atom. The van der Waals surface area contributed by atoms with Gasteiger partial charge in [-0.05, 0) is 30.7 Å². The Kier molecular flexibility index (Phi) is 13.5. The summed E-state index contributed by atoms with van der Waals surface area (Å²) >= 11 is 3.42. The summed E-state index contributed by atoms with van der Waals surface area (Å²) in [6, 6.07) is 7.13. The molecule has 0 saturated carbocycles. The van der Waals surface area contributed by atoms with E-state index < -0.39 is 0 Å². The monoisotopic (exact) mass is 506 g/mol. The highest BCUT2D eigenvalue weighted by Gasteiger charge is 2.03. The molecule has 0 aliphatic rings. The maximum absolute atomic E-state index is 9.69. The van der Waals surface area contributed by atoms with Gasteiger partial charge < -0.3 is 31.9 Å². The molecule has 0 bridgehead atoms. The second-order valence-corrected chi connectivity index (χ2v) is 9.18. The summed E-state index contributed by atoms with van der Waals surface area (Å²) < 4.78 is 5.31. The molecule has 0 aliphatic heterocycles. The summed E-state index contributed by atoms with van der Waals surface area (Å²) in [6.07, 6.45) is 4.20. The number of aromatic hydroxyl groups is 1. The molecule has 12 heteroatoms. The largest absolute Gasteiger partial charge is 0.506 e. The van der Waals surface area contributed by atoms with Crippen LogP contribution in [0.3, 0.4) is 0 Å². The highest BCUT2D eigenvalue weighted by Crippen LogP contribution is 2.20. The minimum Gasteiger partial charge on any atom is -0.506 e. The molecule has 0 saturated heterocycles. The van der Waals surface area contributed by atoms with E-state index in [1.807, 2.05) is 12.1 Å².